The average Bonchev–Trinajstić information content (AvgIpc) is 3.31. The Bertz CT molecular complexity index is 1260. The second-order valence-electron chi connectivity index (χ2n) is 8.47. The molecule has 0 aliphatic rings. The molecule has 0 saturated heterocycles. The molecule has 0 unspecified atom stereocenters. The zero-order valence-electron chi connectivity index (χ0n) is 20.2. The topological polar surface area (TPSA) is 0 Å². The zero-order chi connectivity index (χ0) is 22.4. The molecular formula is C29H32Cl2SiZr-2. The Morgan fingerprint density at radius 1 is 0.758 bits per heavy atom. The fraction of sp³-hybridized carbons (Fsp3) is 0.241. The standard InChI is InChI=1S/C14H17.C13H9.C2H6Si.2ClH.Zr/c1-4-5-12-7-6-11(3)13-8-10(2)9-14(12)13;1-3-7-12-10(5-1)9-11-6-2-4-8-13(11)12;1-3-2;;;/h6-9H,4-5H2,1-3H3;1-9H;1-2H3;2*1H;/q2*-1;;;;+2/p-2. The van der Waals surface area contributed by atoms with Gasteiger partial charge in [0.15, 0.2) is 0 Å². The van der Waals surface area contributed by atoms with Gasteiger partial charge in [0.1, 0.15) is 0 Å². The van der Waals surface area contributed by atoms with E-state index in [2.05, 4.69) is 113 Å². The number of hydrogen-bond donors (Lipinski definition) is 0. The van der Waals surface area contributed by atoms with Gasteiger partial charge in [-0.2, -0.15) is 6.07 Å². The first-order valence-electron chi connectivity index (χ1n) is 11.1. The molecule has 0 aliphatic carbocycles. The van der Waals surface area contributed by atoms with E-state index in [-0.39, 0.29) is 30.2 Å². The SMILES string of the molecule is CCCc1ccc(C)c2[cH-]c(C)cc12.C[Si](C)=[Zr+2].[Cl-].[Cl-].c1ccc2c(c1)[cH-]c1ccccc12. The molecule has 4 heteroatoms. The van der Waals surface area contributed by atoms with Gasteiger partial charge < -0.3 is 24.8 Å². The maximum Gasteiger partial charge on any atom is -0.0771 e. The van der Waals surface area contributed by atoms with Crippen LogP contribution in [0.15, 0.2) is 78.9 Å². The van der Waals surface area contributed by atoms with Crippen molar-refractivity contribution in [3.63, 3.8) is 0 Å². The predicted molar refractivity (Wildman–Crippen MR) is 138 cm³/mol. The van der Waals surface area contributed by atoms with Crippen molar-refractivity contribution in [1.82, 2.24) is 0 Å². The first-order valence-corrected chi connectivity index (χ1v) is 17.3. The van der Waals surface area contributed by atoms with E-state index in [0.717, 1.165) is 0 Å². The Balaban J connectivity index is 0.000000271. The van der Waals surface area contributed by atoms with Gasteiger partial charge in [0.25, 0.3) is 0 Å². The van der Waals surface area contributed by atoms with Crippen molar-refractivity contribution in [2.75, 3.05) is 0 Å². The van der Waals surface area contributed by atoms with Crippen molar-refractivity contribution in [3.8, 4) is 0 Å². The molecule has 0 saturated carbocycles. The first-order chi connectivity index (χ1) is 14.9. The number of hydrogen-bond acceptors (Lipinski definition) is 0. The van der Waals surface area contributed by atoms with E-state index < -0.39 is 0 Å². The molecule has 0 amide bonds. The molecule has 0 radical (unpaired) electrons. The van der Waals surface area contributed by atoms with Gasteiger partial charge in [-0.15, -0.1) is 73.8 Å². The number of benzene rings is 3. The summed E-state index contributed by atoms with van der Waals surface area (Å²) in [6.45, 7) is 11.2. The largest absolute Gasteiger partial charge is 1.00 e. The molecule has 0 fully saturated rings. The fourth-order valence-corrected chi connectivity index (χ4v) is 4.04. The van der Waals surface area contributed by atoms with Crippen LogP contribution in [0.1, 0.15) is 30.0 Å². The van der Waals surface area contributed by atoms with E-state index in [0.29, 0.717) is 0 Å². The van der Waals surface area contributed by atoms with Gasteiger partial charge in [-0.25, -0.2) is 0 Å². The summed E-state index contributed by atoms with van der Waals surface area (Å²) in [6.07, 6.45) is 2.42. The third-order valence-corrected chi connectivity index (χ3v) is 5.38. The van der Waals surface area contributed by atoms with Crippen LogP contribution in [0.4, 0.5) is 0 Å². The third kappa shape index (κ3) is 7.93. The van der Waals surface area contributed by atoms with Crippen LogP contribution in [0.25, 0.3) is 32.3 Å². The number of rotatable bonds is 2. The van der Waals surface area contributed by atoms with Crippen molar-refractivity contribution in [1.29, 1.82) is 0 Å². The van der Waals surface area contributed by atoms with E-state index in [1.165, 1.54) is 61.8 Å². The first kappa shape index (κ1) is 29.9. The molecule has 0 heterocycles. The average molecular weight is 571 g/mol. The number of halogens is 2. The molecular weight excluding hydrogens is 539 g/mol. The Kier molecular flexibility index (Phi) is 12.9. The van der Waals surface area contributed by atoms with Crippen molar-refractivity contribution < 1.29 is 48.1 Å². The fourth-order valence-electron chi connectivity index (χ4n) is 4.04. The minimum Gasteiger partial charge on any atom is -1.00 e. The van der Waals surface area contributed by atoms with Gasteiger partial charge >= 0.3 is 41.9 Å². The van der Waals surface area contributed by atoms with Crippen LogP contribution in [0.5, 0.6) is 0 Å². The molecule has 5 aromatic carbocycles. The van der Waals surface area contributed by atoms with Crippen LogP contribution < -0.4 is 24.8 Å². The summed E-state index contributed by atoms with van der Waals surface area (Å²) in [5.41, 5.74) is 4.49. The van der Waals surface area contributed by atoms with E-state index in [9.17, 15) is 0 Å². The molecule has 5 aromatic rings. The molecule has 0 N–H and O–H groups in total. The van der Waals surface area contributed by atoms with Gasteiger partial charge in [-0.1, -0.05) is 75.2 Å². The molecule has 0 atom stereocenters. The second kappa shape index (κ2) is 14.3. The maximum absolute atomic E-state index is 2.31. The summed E-state index contributed by atoms with van der Waals surface area (Å²) in [5.74, 6) is 0. The Morgan fingerprint density at radius 2 is 1.27 bits per heavy atom. The van der Waals surface area contributed by atoms with E-state index >= 15 is 0 Å². The number of aryl methyl sites for hydroxylation is 3. The molecule has 33 heavy (non-hydrogen) atoms. The van der Waals surface area contributed by atoms with Gasteiger partial charge in [0.05, 0.1) is 0 Å². The molecule has 0 spiro atoms. The normalized spacial score (nSPS) is 9.91. The Labute approximate surface area is 226 Å². The molecule has 0 aliphatic heterocycles. The number of fused-ring (bicyclic) bond motifs is 4. The van der Waals surface area contributed by atoms with E-state index in [1.807, 2.05) is 0 Å². The van der Waals surface area contributed by atoms with Crippen LogP contribution in [-0.2, 0) is 29.8 Å². The van der Waals surface area contributed by atoms with Gasteiger partial charge in [-0.05, 0) is 6.42 Å². The van der Waals surface area contributed by atoms with Crippen LogP contribution in [0.2, 0.25) is 13.1 Å². The molecule has 0 nitrogen and oxygen atoms in total. The minimum absolute atomic E-state index is 0. The zero-order valence-corrected chi connectivity index (χ0v) is 25.1. The van der Waals surface area contributed by atoms with Crippen LogP contribution in [0.3, 0.4) is 0 Å². The summed E-state index contributed by atoms with van der Waals surface area (Å²) in [6, 6.07) is 28.4. The summed E-state index contributed by atoms with van der Waals surface area (Å²) >= 11 is 1.74. The summed E-state index contributed by atoms with van der Waals surface area (Å²) in [7, 11) is 0. The van der Waals surface area contributed by atoms with Crippen molar-refractivity contribution in [2.45, 2.75) is 46.7 Å². The van der Waals surface area contributed by atoms with E-state index in [1.54, 1.807) is 23.3 Å². The van der Waals surface area contributed by atoms with Gasteiger partial charge in [0, 0.05) is 0 Å². The van der Waals surface area contributed by atoms with Crippen LogP contribution in [-0.4, -0.2) is 5.43 Å². The van der Waals surface area contributed by atoms with Gasteiger partial charge in [-0.3, -0.25) is 0 Å². The summed E-state index contributed by atoms with van der Waals surface area (Å²) in [5, 5.41) is 8.29. The van der Waals surface area contributed by atoms with Crippen molar-refractivity contribution in [2.24, 2.45) is 0 Å². The van der Waals surface area contributed by atoms with Crippen molar-refractivity contribution >= 4 is 37.8 Å². The summed E-state index contributed by atoms with van der Waals surface area (Å²) < 4.78 is 0. The van der Waals surface area contributed by atoms with E-state index in [4.69, 9.17) is 0 Å². The molecule has 5 rings (SSSR count). The monoisotopic (exact) mass is 568 g/mol. The molecule has 0 bridgehead atoms. The van der Waals surface area contributed by atoms with Crippen molar-refractivity contribution in [3.05, 3.63) is 95.6 Å². The molecule has 172 valence electrons. The molecule has 0 aromatic heterocycles. The Hall–Kier alpha value is -1.18. The minimum atomic E-state index is 0. The smallest absolute Gasteiger partial charge is 0.0771 e. The third-order valence-electron chi connectivity index (χ3n) is 5.38. The van der Waals surface area contributed by atoms with Gasteiger partial charge in [0.2, 0.25) is 0 Å². The predicted octanol–water partition coefficient (Wildman–Crippen LogP) is 2.63. The quantitative estimate of drug-likeness (QED) is 0.226. The Morgan fingerprint density at radius 3 is 1.79 bits per heavy atom. The van der Waals surface area contributed by atoms with Crippen LogP contribution >= 0.6 is 0 Å². The van der Waals surface area contributed by atoms with Crippen LogP contribution in [0, 0.1) is 13.8 Å². The maximum atomic E-state index is 2.31. The summed E-state index contributed by atoms with van der Waals surface area (Å²) in [4.78, 5) is 0. The second-order valence-corrected chi connectivity index (χ2v) is 17.8.